The predicted molar refractivity (Wildman–Crippen MR) is 59.3 cm³/mol. The van der Waals surface area contributed by atoms with E-state index in [1.807, 2.05) is 0 Å². The summed E-state index contributed by atoms with van der Waals surface area (Å²) in [5.41, 5.74) is 1.69. The molecule has 0 spiro atoms. The van der Waals surface area contributed by atoms with Gasteiger partial charge in [0.25, 0.3) is 0 Å². The summed E-state index contributed by atoms with van der Waals surface area (Å²) >= 11 is 11.7. The molecule has 0 fully saturated rings. The van der Waals surface area contributed by atoms with E-state index in [9.17, 15) is 5.11 Å². The smallest absolute Gasteiger partial charge is 0.143 e. The fourth-order valence-corrected chi connectivity index (χ4v) is 1.67. The zero-order chi connectivity index (χ0) is 10.9. The monoisotopic (exact) mass is 232 g/mol. The van der Waals surface area contributed by atoms with Crippen molar-refractivity contribution in [2.45, 2.75) is 13.8 Å². The van der Waals surface area contributed by atoms with Gasteiger partial charge in [0.05, 0.1) is 10.7 Å². The predicted octanol–water partition coefficient (Wildman–Crippen LogP) is 2.69. The van der Waals surface area contributed by atoms with Crippen molar-refractivity contribution in [2.75, 3.05) is 0 Å². The van der Waals surface area contributed by atoms with E-state index in [0.29, 0.717) is 21.9 Å². The van der Waals surface area contributed by atoms with Crippen LogP contribution >= 0.6 is 23.2 Å². The van der Waals surface area contributed by atoms with Gasteiger partial charge in [-0.2, -0.15) is 5.10 Å². The first-order valence-electron chi connectivity index (χ1n) is 3.91. The second-order valence-corrected chi connectivity index (χ2v) is 3.72. The minimum Gasteiger partial charge on any atom is -0.506 e. The topological polar surface area (TPSA) is 58.6 Å². The number of hydrogen-bond acceptors (Lipinski definition) is 3. The maximum atomic E-state index is 9.68. The molecule has 3 N–H and O–H groups in total. The molecule has 1 rings (SSSR count). The summed E-state index contributed by atoms with van der Waals surface area (Å²) in [5, 5.41) is 13.9. The van der Waals surface area contributed by atoms with Crippen LogP contribution in [-0.4, -0.2) is 10.8 Å². The SMILES string of the molecule is C/C(=N\N)c1c(C)c(Cl)cc(Cl)c1O. The van der Waals surface area contributed by atoms with E-state index in [0.717, 1.165) is 0 Å². The molecule has 0 saturated carbocycles. The summed E-state index contributed by atoms with van der Waals surface area (Å²) < 4.78 is 0. The van der Waals surface area contributed by atoms with E-state index in [4.69, 9.17) is 29.0 Å². The second-order valence-electron chi connectivity index (χ2n) is 2.90. The summed E-state index contributed by atoms with van der Waals surface area (Å²) in [6.07, 6.45) is 0. The van der Waals surface area contributed by atoms with Gasteiger partial charge in [-0.1, -0.05) is 23.2 Å². The summed E-state index contributed by atoms with van der Waals surface area (Å²) in [4.78, 5) is 0. The Morgan fingerprint density at radius 1 is 1.43 bits per heavy atom. The van der Waals surface area contributed by atoms with Gasteiger partial charge in [0.2, 0.25) is 0 Å². The number of halogens is 2. The van der Waals surface area contributed by atoms with Gasteiger partial charge in [0, 0.05) is 10.6 Å². The summed E-state index contributed by atoms with van der Waals surface area (Å²) in [6, 6.07) is 1.49. The summed E-state index contributed by atoms with van der Waals surface area (Å²) in [5.74, 6) is 5.09. The minimum absolute atomic E-state index is 0.0414. The normalized spacial score (nSPS) is 11.9. The van der Waals surface area contributed by atoms with E-state index in [2.05, 4.69) is 5.10 Å². The van der Waals surface area contributed by atoms with Gasteiger partial charge < -0.3 is 10.9 Å². The van der Waals surface area contributed by atoms with Crippen molar-refractivity contribution < 1.29 is 5.11 Å². The highest BCUT2D eigenvalue weighted by Crippen LogP contribution is 2.35. The number of aromatic hydroxyl groups is 1. The maximum absolute atomic E-state index is 9.68. The van der Waals surface area contributed by atoms with Crippen molar-refractivity contribution in [1.82, 2.24) is 0 Å². The number of hydrazone groups is 1. The Hall–Kier alpha value is -0.930. The lowest BCUT2D eigenvalue weighted by atomic mass is 10.0. The van der Waals surface area contributed by atoms with E-state index in [1.54, 1.807) is 13.8 Å². The molecule has 1 aromatic rings. The van der Waals surface area contributed by atoms with Crippen LogP contribution in [0.25, 0.3) is 0 Å². The van der Waals surface area contributed by atoms with E-state index < -0.39 is 0 Å². The number of hydrogen-bond donors (Lipinski definition) is 2. The molecule has 0 aromatic heterocycles. The molecule has 0 saturated heterocycles. The second kappa shape index (κ2) is 4.07. The van der Waals surface area contributed by atoms with E-state index >= 15 is 0 Å². The number of nitrogens with two attached hydrogens (primary N) is 1. The molecular formula is C9H10Cl2N2O. The van der Waals surface area contributed by atoms with Crippen LogP contribution in [0.1, 0.15) is 18.1 Å². The number of nitrogens with zero attached hydrogens (tertiary/aromatic N) is 1. The van der Waals surface area contributed by atoms with Crippen LogP contribution in [0.4, 0.5) is 0 Å². The number of benzene rings is 1. The minimum atomic E-state index is -0.0414. The molecule has 1 aromatic carbocycles. The van der Waals surface area contributed by atoms with Crippen molar-refractivity contribution in [3.05, 3.63) is 27.2 Å². The molecule has 3 nitrogen and oxygen atoms in total. The van der Waals surface area contributed by atoms with Crippen LogP contribution in [0.5, 0.6) is 5.75 Å². The van der Waals surface area contributed by atoms with Crippen LogP contribution in [0.3, 0.4) is 0 Å². The standard InChI is InChI=1S/C9H10Cl2N2O/c1-4-6(10)3-7(11)9(14)8(4)5(2)13-12/h3,14H,12H2,1-2H3/b13-5+. The Labute approximate surface area is 92.1 Å². The highest BCUT2D eigenvalue weighted by atomic mass is 35.5. The van der Waals surface area contributed by atoms with Gasteiger partial charge >= 0.3 is 0 Å². The number of phenolic OH excluding ortho intramolecular Hbond substituents is 1. The first-order chi connectivity index (χ1) is 6.49. The molecule has 0 aliphatic heterocycles. The van der Waals surface area contributed by atoms with Crippen molar-refractivity contribution in [3.63, 3.8) is 0 Å². The first-order valence-corrected chi connectivity index (χ1v) is 4.67. The highest BCUT2D eigenvalue weighted by Gasteiger charge is 2.14. The largest absolute Gasteiger partial charge is 0.506 e. The lowest BCUT2D eigenvalue weighted by Gasteiger charge is -2.10. The molecule has 0 aliphatic carbocycles. The molecule has 0 unspecified atom stereocenters. The van der Waals surface area contributed by atoms with Gasteiger partial charge in [-0.15, -0.1) is 0 Å². The summed E-state index contributed by atoms with van der Waals surface area (Å²) in [6.45, 7) is 3.44. The molecular weight excluding hydrogens is 223 g/mol. The van der Waals surface area contributed by atoms with Crippen LogP contribution in [0.2, 0.25) is 10.0 Å². The van der Waals surface area contributed by atoms with Crippen LogP contribution in [0.15, 0.2) is 11.2 Å². The van der Waals surface area contributed by atoms with Crippen molar-refractivity contribution in [1.29, 1.82) is 0 Å². The van der Waals surface area contributed by atoms with E-state index in [1.165, 1.54) is 6.07 Å². The summed E-state index contributed by atoms with van der Waals surface area (Å²) in [7, 11) is 0. The van der Waals surface area contributed by atoms with Gasteiger partial charge in [-0.05, 0) is 25.5 Å². The number of phenols is 1. The Kier molecular flexibility index (Phi) is 3.24. The molecule has 0 heterocycles. The lowest BCUT2D eigenvalue weighted by Crippen LogP contribution is -2.02. The third-order valence-electron chi connectivity index (χ3n) is 2.01. The van der Waals surface area contributed by atoms with Crippen LogP contribution in [-0.2, 0) is 0 Å². The van der Waals surface area contributed by atoms with Crippen LogP contribution < -0.4 is 5.84 Å². The fraction of sp³-hybridized carbons (Fsp3) is 0.222. The van der Waals surface area contributed by atoms with Crippen molar-refractivity contribution in [3.8, 4) is 5.75 Å². The third kappa shape index (κ3) is 1.79. The molecule has 14 heavy (non-hydrogen) atoms. The van der Waals surface area contributed by atoms with E-state index in [-0.39, 0.29) is 10.8 Å². The molecule has 0 radical (unpaired) electrons. The molecule has 0 aliphatic rings. The Morgan fingerprint density at radius 3 is 2.50 bits per heavy atom. The third-order valence-corrected chi connectivity index (χ3v) is 2.69. The fourth-order valence-electron chi connectivity index (χ4n) is 1.21. The molecule has 0 bridgehead atoms. The van der Waals surface area contributed by atoms with Gasteiger partial charge in [-0.3, -0.25) is 0 Å². The van der Waals surface area contributed by atoms with Gasteiger partial charge in [0.15, 0.2) is 0 Å². The average Bonchev–Trinajstić information content (AvgIpc) is 2.15. The molecule has 76 valence electrons. The Bertz CT molecular complexity index is 376. The Balaban J connectivity index is 3.55. The zero-order valence-corrected chi connectivity index (χ0v) is 9.32. The van der Waals surface area contributed by atoms with Gasteiger partial charge in [-0.25, -0.2) is 0 Å². The molecule has 5 heteroatoms. The van der Waals surface area contributed by atoms with Crippen LogP contribution in [0, 0.1) is 6.92 Å². The van der Waals surface area contributed by atoms with Crippen molar-refractivity contribution >= 4 is 28.9 Å². The average molecular weight is 233 g/mol. The first kappa shape index (κ1) is 11.1. The molecule has 0 amide bonds. The number of rotatable bonds is 1. The maximum Gasteiger partial charge on any atom is 0.143 e. The Morgan fingerprint density at radius 2 is 2.00 bits per heavy atom. The van der Waals surface area contributed by atoms with Gasteiger partial charge in [0.1, 0.15) is 5.75 Å². The zero-order valence-electron chi connectivity index (χ0n) is 7.81. The highest BCUT2D eigenvalue weighted by molar-refractivity contribution is 6.37. The lowest BCUT2D eigenvalue weighted by molar-refractivity contribution is 0.474. The molecule has 0 atom stereocenters. The van der Waals surface area contributed by atoms with Crippen molar-refractivity contribution in [2.24, 2.45) is 10.9 Å². The quantitative estimate of drug-likeness (QED) is 0.445.